The molecule has 140 valence electrons. The number of carbonyl (C=O) groups excluding carboxylic acids is 1. The van der Waals surface area contributed by atoms with E-state index in [1.54, 1.807) is 30.3 Å². The summed E-state index contributed by atoms with van der Waals surface area (Å²) in [6, 6.07) is 10.5. The van der Waals surface area contributed by atoms with E-state index in [2.05, 4.69) is 0 Å². The lowest BCUT2D eigenvalue weighted by molar-refractivity contribution is -0.147. The highest BCUT2D eigenvalue weighted by Crippen LogP contribution is 2.38. The Bertz CT molecular complexity index is 717. The number of benzene rings is 2. The Kier molecular flexibility index (Phi) is 6.96. The summed E-state index contributed by atoms with van der Waals surface area (Å²) in [6.45, 7) is -0.185. The number of carbonyl (C=O) groups is 1. The molecule has 0 heterocycles. The van der Waals surface area contributed by atoms with Gasteiger partial charge in [-0.05, 0) is 29.8 Å². The van der Waals surface area contributed by atoms with Crippen LogP contribution in [0.25, 0.3) is 0 Å². The van der Waals surface area contributed by atoms with E-state index in [9.17, 15) is 4.79 Å². The molecule has 2 aromatic carbocycles. The summed E-state index contributed by atoms with van der Waals surface area (Å²) >= 11 is 0. The van der Waals surface area contributed by atoms with Crippen molar-refractivity contribution in [3.63, 3.8) is 0 Å². The molecule has 0 aromatic heterocycles. The first-order chi connectivity index (χ1) is 12.6. The fraction of sp³-hybridized carbons (Fsp3) is 0.316. The minimum Gasteiger partial charge on any atom is -0.493 e. The summed E-state index contributed by atoms with van der Waals surface area (Å²) < 4.78 is 31.6. The van der Waals surface area contributed by atoms with Gasteiger partial charge >= 0.3 is 5.97 Å². The molecule has 0 N–H and O–H groups in total. The van der Waals surface area contributed by atoms with Crippen LogP contribution in [-0.4, -0.2) is 41.0 Å². The Labute approximate surface area is 152 Å². The molecule has 0 unspecified atom stereocenters. The van der Waals surface area contributed by atoms with Gasteiger partial charge in [-0.15, -0.1) is 0 Å². The van der Waals surface area contributed by atoms with E-state index in [4.69, 9.17) is 28.4 Å². The van der Waals surface area contributed by atoms with Crippen molar-refractivity contribution in [1.82, 2.24) is 0 Å². The number of ether oxygens (including phenoxy) is 6. The van der Waals surface area contributed by atoms with Crippen molar-refractivity contribution in [3.8, 4) is 28.7 Å². The predicted octanol–water partition coefficient (Wildman–Crippen LogP) is 2.84. The van der Waals surface area contributed by atoms with Crippen LogP contribution in [-0.2, 0) is 16.1 Å². The molecule has 2 aromatic rings. The fourth-order valence-corrected chi connectivity index (χ4v) is 2.30. The van der Waals surface area contributed by atoms with Gasteiger partial charge in [0.05, 0.1) is 28.4 Å². The van der Waals surface area contributed by atoms with Crippen molar-refractivity contribution >= 4 is 5.97 Å². The summed E-state index contributed by atoms with van der Waals surface area (Å²) in [5.41, 5.74) is 0.699. The maximum Gasteiger partial charge on any atom is 0.344 e. The fourth-order valence-electron chi connectivity index (χ4n) is 2.30. The molecule has 0 aliphatic heterocycles. The van der Waals surface area contributed by atoms with E-state index in [1.807, 2.05) is 6.07 Å². The highest BCUT2D eigenvalue weighted by molar-refractivity contribution is 5.71. The summed E-state index contributed by atoms with van der Waals surface area (Å²) in [6.07, 6.45) is 0. The van der Waals surface area contributed by atoms with Crippen molar-refractivity contribution in [2.75, 3.05) is 35.0 Å². The van der Waals surface area contributed by atoms with E-state index < -0.39 is 5.97 Å². The molecule has 0 atom stereocenters. The van der Waals surface area contributed by atoms with Crippen LogP contribution in [0.15, 0.2) is 36.4 Å². The largest absolute Gasteiger partial charge is 0.493 e. The SMILES string of the molecule is COc1ccccc1OCC(=O)OCc1cc(OC)c(OC)c(OC)c1. The summed E-state index contributed by atoms with van der Waals surface area (Å²) in [7, 11) is 6.10. The van der Waals surface area contributed by atoms with Crippen LogP contribution in [0.2, 0.25) is 0 Å². The van der Waals surface area contributed by atoms with Gasteiger partial charge in [-0.25, -0.2) is 4.79 Å². The van der Waals surface area contributed by atoms with Gasteiger partial charge in [0.15, 0.2) is 29.6 Å². The summed E-state index contributed by atoms with van der Waals surface area (Å²) in [4.78, 5) is 11.9. The lowest BCUT2D eigenvalue weighted by atomic mass is 10.2. The van der Waals surface area contributed by atoms with Gasteiger partial charge in [-0.3, -0.25) is 0 Å². The first kappa shape index (κ1) is 19.2. The van der Waals surface area contributed by atoms with Crippen LogP contribution in [0.3, 0.4) is 0 Å². The average Bonchev–Trinajstić information content (AvgIpc) is 2.69. The van der Waals surface area contributed by atoms with Gasteiger partial charge < -0.3 is 28.4 Å². The van der Waals surface area contributed by atoms with E-state index in [-0.39, 0.29) is 13.2 Å². The Morgan fingerprint density at radius 3 is 1.92 bits per heavy atom. The molecule has 0 radical (unpaired) electrons. The molecule has 7 heteroatoms. The van der Waals surface area contributed by atoms with Crippen molar-refractivity contribution in [2.24, 2.45) is 0 Å². The van der Waals surface area contributed by atoms with E-state index in [1.165, 1.54) is 28.4 Å². The third kappa shape index (κ3) is 4.72. The molecule has 0 aliphatic carbocycles. The average molecular weight is 362 g/mol. The number of hydrogen-bond acceptors (Lipinski definition) is 7. The third-order valence-electron chi connectivity index (χ3n) is 3.54. The first-order valence-electron chi connectivity index (χ1n) is 7.83. The first-order valence-corrected chi connectivity index (χ1v) is 7.83. The van der Waals surface area contributed by atoms with Crippen molar-refractivity contribution in [3.05, 3.63) is 42.0 Å². The molecular weight excluding hydrogens is 340 g/mol. The third-order valence-corrected chi connectivity index (χ3v) is 3.54. The van der Waals surface area contributed by atoms with E-state index >= 15 is 0 Å². The van der Waals surface area contributed by atoms with E-state index in [0.29, 0.717) is 34.3 Å². The van der Waals surface area contributed by atoms with Crippen LogP contribution in [0.4, 0.5) is 0 Å². The highest BCUT2D eigenvalue weighted by atomic mass is 16.6. The summed E-state index contributed by atoms with van der Waals surface area (Å²) in [5.74, 6) is 1.96. The zero-order valence-electron chi connectivity index (χ0n) is 15.2. The molecule has 0 amide bonds. The van der Waals surface area contributed by atoms with Gasteiger partial charge in [0.25, 0.3) is 0 Å². The molecule has 0 fully saturated rings. The lowest BCUT2D eigenvalue weighted by Crippen LogP contribution is -2.15. The molecule has 0 saturated heterocycles. The number of rotatable bonds is 9. The quantitative estimate of drug-likeness (QED) is 0.635. The van der Waals surface area contributed by atoms with E-state index in [0.717, 1.165) is 0 Å². The topological polar surface area (TPSA) is 72.5 Å². The van der Waals surface area contributed by atoms with Crippen LogP contribution in [0.1, 0.15) is 5.56 Å². The number of hydrogen-bond donors (Lipinski definition) is 0. The maximum atomic E-state index is 11.9. The zero-order chi connectivity index (χ0) is 18.9. The van der Waals surface area contributed by atoms with Crippen LogP contribution >= 0.6 is 0 Å². The number of methoxy groups -OCH3 is 4. The van der Waals surface area contributed by atoms with Crippen LogP contribution < -0.4 is 23.7 Å². The van der Waals surface area contributed by atoms with Crippen LogP contribution in [0, 0.1) is 0 Å². The molecule has 0 aliphatic rings. The molecule has 2 rings (SSSR count). The Hall–Kier alpha value is -3.09. The van der Waals surface area contributed by atoms with Gasteiger partial charge in [-0.2, -0.15) is 0 Å². The normalized spacial score (nSPS) is 10.0. The maximum absolute atomic E-state index is 11.9. The molecule has 0 bridgehead atoms. The van der Waals surface area contributed by atoms with Gasteiger partial charge in [0, 0.05) is 0 Å². The van der Waals surface area contributed by atoms with Crippen LogP contribution in [0.5, 0.6) is 28.7 Å². The van der Waals surface area contributed by atoms with Gasteiger partial charge in [0.2, 0.25) is 5.75 Å². The second-order valence-corrected chi connectivity index (χ2v) is 5.13. The number of para-hydroxylation sites is 2. The minimum absolute atomic E-state index is 0.0465. The van der Waals surface area contributed by atoms with Crippen molar-refractivity contribution in [2.45, 2.75) is 6.61 Å². The van der Waals surface area contributed by atoms with Crippen molar-refractivity contribution < 1.29 is 33.2 Å². The highest BCUT2D eigenvalue weighted by Gasteiger charge is 2.14. The Balaban J connectivity index is 1.96. The Morgan fingerprint density at radius 2 is 1.38 bits per heavy atom. The summed E-state index contributed by atoms with van der Waals surface area (Å²) in [5, 5.41) is 0. The standard InChI is InChI=1S/C19H22O7/c1-21-14-7-5-6-8-15(14)25-12-18(20)26-11-13-9-16(22-2)19(24-4)17(10-13)23-3/h5-10H,11-12H2,1-4H3. The predicted molar refractivity (Wildman–Crippen MR) is 94.4 cm³/mol. The Morgan fingerprint density at radius 1 is 0.808 bits per heavy atom. The zero-order valence-corrected chi connectivity index (χ0v) is 15.2. The molecule has 0 spiro atoms. The molecule has 7 nitrogen and oxygen atoms in total. The van der Waals surface area contributed by atoms with Gasteiger partial charge in [0.1, 0.15) is 6.61 Å². The molecule has 0 saturated carbocycles. The molecule has 26 heavy (non-hydrogen) atoms. The smallest absolute Gasteiger partial charge is 0.344 e. The van der Waals surface area contributed by atoms with Gasteiger partial charge in [-0.1, -0.05) is 12.1 Å². The molecular formula is C19H22O7. The second-order valence-electron chi connectivity index (χ2n) is 5.13. The van der Waals surface area contributed by atoms with Crippen molar-refractivity contribution in [1.29, 1.82) is 0 Å². The second kappa shape index (κ2) is 9.41. The minimum atomic E-state index is -0.510. The number of esters is 1. The monoisotopic (exact) mass is 362 g/mol. The lowest BCUT2D eigenvalue weighted by Gasteiger charge is -2.14.